The van der Waals surface area contributed by atoms with E-state index in [0.717, 1.165) is 18.9 Å². The maximum Gasteiger partial charge on any atom is 0.495 e. The van der Waals surface area contributed by atoms with Crippen LogP contribution in [-0.4, -0.2) is 72.0 Å². The number of amides is 2. The third-order valence-electron chi connectivity index (χ3n) is 8.49. The zero-order valence-electron chi connectivity index (χ0n) is 25.0. The van der Waals surface area contributed by atoms with Gasteiger partial charge in [-0.15, -0.1) is 0 Å². The molecule has 3 aliphatic rings. The van der Waals surface area contributed by atoms with E-state index in [2.05, 4.69) is 5.32 Å². The van der Waals surface area contributed by atoms with Crippen molar-refractivity contribution >= 4 is 30.6 Å². The lowest BCUT2D eigenvalue weighted by Crippen LogP contribution is -2.55. The number of halogens is 1. The summed E-state index contributed by atoms with van der Waals surface area (Å²) in [4.78, 5) is 40.6. The molecule has 0 aromatic heterocycles. The Kier molecular flexibility index (Phi) is 8.19. The summed E-state index contributed by atoms with van der Waals surface area (Å²) in [5, 5.41) is 12.6. The molecule has 0 radical (unpaired) electrons. The Morgan fingerprint density at radius 3 is 2.39 bits per heavy atom. The van der Waals surface area contributed by atoms with Crippen LogP contribution in [0, 0.1) is 23.1 Å². The lowest BCUT2D eigenvalue weighted by atomic mass is 9.75. The third-order valence-corrected chi connectivity index (χ3v) is 8.49. The Morgan fingerprint density at radius 1 is 1.20 bits per heavy atom. The molecule has 222 valence electrons. The van der Waals surface area contributed by atoms with Crippen LogP contribution in [0.5, 0.6) is 0 Å². The van der Waals surface area contributed by atoms with Crippen LogP contribution >= 0.6 is 0 Å². The molecule has 1 aromatic carbocycles. The number of carbonyl (C=O) groups is 3. The Balaban J connectivity index is 1.55. The number of likely N-dealkylation sites (tertiary alicyclic amines) is 1. The highest BCUT2D eigenvalue weighted by Crippen LogP contribution is 2.43. The molecule has 2 saturated heterocycles. The Morgan fingerprint density at radius 2 is 1.83 bits per heavy atom. The minimum absolute atomic E-state index is 0.0365. The van der Waals surface area contributed by atoms with Crippen molar-refractivity contribution in [3.05, 3.63) is 29.1 Å². The number of carbonyl (C=O) groups excluding carboxylic acids is 3. The summed E-state index contributed by atoms with van der Waals surface area (Å²) in [7, 11) is 0.199. The summed E-state index contributed by atoms with van der Waals surface area (Å²) in [5.41, 5.74) is -1.92. The molecule has 1 aliphatic carbocycles. The van der Waals surface area contributed by atoms with Gasteiger partial charge in [0.05, 0.1) is 29.9 Å². The Bertz CT molecular complexity index is 1260. The average molecular weight is 571 g/mol. The molecule has 12 heteroatoms. The molecule has 2 bridgehead atoms. The van der Waals surface area contributed by atoms with E-state index in [4.69, 9.17) is 18.8 Å². The molecule has 2 aliphatic heterocycles. The number of rotatable bonds is 6. The van der Waals surface area contributed by atoms with E-state index in [1.165, 1.54) is 18.1 Å². The van der Waals surface area contributed by atoms with Crippen LogP contribution in [0.2, 0.25) is 0 Å². The fourth-order valence-corrected chi connectivity index (χ4v) is 5.75. The first-order valence-corrected chi connectivity index (χ1v) is 14.0. The van der Waals surface area contributed by atoms with E-state index in [9.17, 15) is 19.6 Å². The highest BCUT2D eigenvalue weighted by atomic mass is 19.1. The number of nitriles is 1. The standard InChI is InChI=1S/C29H39BFN3O7/c1-27(2,3)39-26(37)34-19-10-9-16(12-19)23(34)24(35)33-18(15-32)11-17-13-20(25(36)38-8)21(14-22(17)31)30-40-28(4,5)29(6,7)41-30/h13-14,16,18-19,23H,9-12H2,1-8H3,(H,33,35)/t16-,18?,19+,23-/m0/s1. The van der Waals surface area contributed by atoms with Gasteiger partial charge in [0.2, 0.25) is 5.91 Å². The van der Waals surface area contributed by atoms with Crippen molar-refractivity contribution in [2.24, 2.45) is 5.92 Å². The van der Waals surface area contributed by atoms with E-state index in [0.29, 0.717) is 6.42 Å². The number of piperidine rings is 1. The summed E-state index contributed by atoms with van der Waals surface area (Å²) in [6, 6.07) is 2.47. The van der Waals surface area contributed by atoms with Crippen molar-refractivity contribution in [1.82, 2.24) is 10.2 Å². The lowest BCUT2D eigenvalue weighted by molar-refractivity contribution is -0.128. The number of hydrogen-bond acceptors (Lipinski definition) is 8. The number of hydrogen-bond donors (Lipinski definition) is 1. The number of methoxy groups -OCH3 is 1. The van der Waals surface area contributed by atoms with Crippen molar-refractivity contribution in [3.63, 3.8) is 0 Å². The van der Waals surface area contributed by atoms with Crippen molar-refractivity contribution in [1.29, 1.82) is 5.26 Å². The van der Waals surface area contributed by atoms with Gasteiger partial charge in [-0.05, 0) is 96.8 Å². The molecule has 3 fully saturated rings. The normalized spacial score (nSPS) is 25.0. The van der Waals surface area contributed by atoms with Crippen LogP contribution in [0.25, 0.3) is 0 Å². The highest BCUT2D eigenvalue weighted by Gasteiger charge is 2.54. The van der Waals surface area contributed by atoms with Crippen molar-refractivity contribution in [3.8, 4) is 6.07 Å². The van der Waals surface area contributed by atoms with E-state index in [-0.39, 0.29) is 35.0 Å². The minimum Gasteiger partial charge on any atom is -0.465 e. The molecule has 2 heterocycles. The second kappa shape index (κ2) is 10.9. The quantitative estimate of drug-likeness (QED) is 0.407. The SMILES string of the molecule is COC(=O)c1cc(CC(C#N)NC(=O)[C@@H]2[C@H]3CC[C@H](C3)N2C(=O)OC(C)(C)C)c(F)cc1B1OC(C)(C)C(C)(C)O1. The number of nitrogens with zero attached hydrogens (tertiary/aromatic N) is 2. The van der Waals surface area contributed by atoms with Gasteiger partial charge in [-0.25, -0.2) is 14.0 Å². The Labute approximate surface area is 241 Å². The van der Waals surface area contributed by atoms with E-state index >= 15 is 4.39 Å². The molecule has 2 amide bonds. The van der Waals surface area contributed by atoms with Crippen LogP contribution in [0.15, 0.2) is 12.1 Å². The molecule has 1 aromatic rings. The van der Waals surface area contributed by atoms with Gasteiger partial charge >= 0.3 is 19.2 Å². The van der Waals surface area contributed by atoms with E-state index < -0.39 is 59.8 Å². The molecular weight excluding hydrogens is 532 g/mol. The number of nitrogens with one attached hydrogen (secondary N) is 1. The predicted octanol–water partition coefficient (Wildman–Crippen LogP) is 3.25. The first-order valence-electron chi connectivity index (χ1n) is 14.0. The average Bonchev–Trinajstić information content (AvgIpc) is 3.54. The van der Waals surface area contributed by atoms with Crippen LogP contribution < -0.4 is 10.8 Å². The number of ether oxygens (including phenoxy) is 2. The highest BCUT2D eigenvalue weighted by molar-refractivity contribution is 6.63. The van der Waals surface area contributed by atoms with Gasteiger partial charge in [0, 0.05) is 12.5 Å². The van der Waals surface area contributed by atoms with Gasteiger partial charge in [0.15, 0.2) is 0 Å². The van der Waals surface area contributed by atoms with E-state index in [1.807, 2.05) is 33.8 Å². The first-order chi connectivity index (χ1) is 19.0. The van der Waals surface area contributed by atoms with Crippen molar-refractivity contribution in [2.75, 3.05) is 7.11 Å². The zero-order valence-corrected chi connectivity index (χ0v) is 25.0. The van der Waals surface area contributed by atoms with Gasteiger partial charge in [-0.1, -0.05) is 0 Å². The fraction of sp³-hybridized carbons (Fsp3) is 0.655. The van der Waals surface area contributed by atoms with Gasteiger partial charge in [-0.3, -0.25) is 9.69 Å². The molecular formula is C29H39BFN3O7. The first kappa shape index (κ1) is 30.8. The van der Waals surface area contributed by atoms with Crippen molar-refractivity contribution < 1.29 is 37.6 Å². The maximum absolute atomic E-state index is 15.5. The lowest BCUT2D eigenvalue weighted by Gasteiger charge is -2.35. The molecule has 10 nitrogen and oxygen atoms in total. The third kappa shape index (κ3) is 6.07. The van der Waals surface area contributed by atoms with Gasteiger partial charge < -0.3 is 24.1 Å². The van der Waals surface area contributed by atoms with Gasteiger partial charge in [0.1, 0.15) is 23.5 Å². The molecule has 1 saturated carbocycles. The summed E-state index contributed by atoms with van der Waals surface area (Å²) in [6.07, 6.45) is 1.48. The van der Waals surface area contributed by atoms with Crippen LogP contribution in [0.1, 0.15) is 83.7 Å². The van der Waals surface area contributed by atoms with Crippen LogP contribution in [0.4, 0.5) is 9.18 Å². The summed E-state index contributed by atoms with van der Waals surface area (Å²) in [5.74, 6) is -1.94. The maximum atomic E-state index is 15.5. The molecule has 0 spiro atoms. The minimum atomic E-state index is -1.12. The second-order valence-corrected chi connectivity index (χ2v) is 13.1. The number of esters is 1. The monoisotopic (exact) mass is 571 g/mol. The van der Waals surface area contributed by atoms with Crippen LogP contribution in [-0.2, 0) is 30.0 Å². The zero-order chi connectivity index (χ0) is 30.5. The summed E-state index contributed by atoms with van der Waals surface area (Å²) < 4.78 is 38.0. The molecule has 4 atom stereocenters. The van der Waals surface area contributed by atoms with E-state index in [1.54, 1.807) is 20.8 Å². The number of fused-ring (bicyclic) bond motifs is 2. The molecule has 41 heavy (non-hydrogen) atoms. The number of benzene rings is 1. The molecule has 4 rings (SSSR count). The predicted molar refractivity (Wildman–Crippen MR) is 148 cm³/mol. The van der Waals surface area contributed by atoms with Gasteiger partial charge in [0.25, 0.3) is 0 Å². The van der Waals surface area contributed by atoms with Gasteiger partial charge in [-0.2, -0.15) is 5.26 Å². The smallest absolute Gasteiger partial charge is 0.465 e. The Hall–Kier alpha value is -3.17. The largest absolute Gasteiger partial charge is 0.495 e. The van der Waals surface area contributed by atoms with Crippen molar-refractivity contribution in [2.45, 2.75) is 109 Å². The van der Waals surface area contributed by atoms with Crippen LogP contribution in [0.3, 0.4) is 0 Å². The topological polar surface area (TPSA) is 127 Å². The second-order valence-electron chi connectivity index (χ2n) is 13.1. The molecule has 1 N–H and O–H groups in total. The summed E-state index contributed by atoms with van der Waals surface area (Å²) in [6.45, 7) is 12.6. The molecule has 1 unspecified atom stereocenters. The summed E-state index contributed by atoms with van der Waals surface area (Å²) >= 11 is 0. The fourth-order valence-electron chi connectivity index (χ4n) is 5.75.